The van der Waals surface area contributed by atoms with Gasteiger partial charge in [0.25, 0.3) is 0 Å². The molecule has 5 nitrogen and oxygen atoms in total. The number of carbonyl (C=O) groups excluding carboxylic acids is 1. The molecular weight excluding hydrogens is 313 g/mol. The quantitative estimate of drug-likeness (QED) is 0.639. The molecule has 0 unspecified atom stereocenters. The predicted molar refractivity (Wildman–Crippen MR) is 86.6 cm³/mol. The molecule has 0 aliphatic carbocycles. The van der Waals surface area contributed by atoms with E-state index in [2.05, 4.69) is 4.99 Å². The van der Waals surface area contributed by atoms with Crippen LogP contribution in [0.5, 0.6) is 11.5 Å². The first-order chi connectivity index (χ1) is 11.6. The smallest absolute Gasteiger partial charge is 0.363 e. The Morgan fingerprint density at radius 2 is 1.75 bits per heavy atom. The van der Waals surface area contributed by atoms with E-state index in [0.29, 0.717) is 22.6 Å². The maximum atomic E-state index is 12.9. The minimum absolute atomic E-state index is 0.145. The fourth-order valence-electron chi connectivity index (χ4n) is 2.22. The maximum absolute atomic E-state index is 12.9. The van der Waals surface area contributed by atoms with Gasteiger partial charge in [0.05, 0.1) is 14.2 Å². The number of nitrogens with zero attached hydrogens (tertiary/aromatic N) is 1. The summed E-state index contributed by atoms with van der Waals surface area (Å²) in [6.07, 6.45) is 1.54. The van der Waals surface area contributed by atoms with Crippen LogP contribution < -0.4 is 9.47 Å². The summed E-state index contributed by atoms with van der Waals surface area (Å²) < 4.78 is 28.5. The number of halogens is 1. The van der Waals surface area contributed by atoms with Gasteiger partial charge in [0.1, 0.15) is 5.82 Å². The monoisotopic (exact) mass is 327 g/mol. The van der Waals surface area contributed by atoms with Crippen molar-refractivity contribution in [2.75, 3.05) is 14.2 Å². The molecule has 0 N–H and O–H groups in total. The molecule has 0 saturated carbocycles. The Kier molecular flexibility index (Phi) is 4.29. The van der Waals surface area contributed by atoms with Crippen LogP contribution in [0.4, 0.5) is 4.39 Å². The molecule has 0 aromatic heterocycles. The van der Waals surface area contributed by atoms with E-state index >= 15 is 0 Å². The van der Waals surface area contributed by atoms with Gasteiger partial charge in [0.15, 0.2) is 17.2 Å². The molecule has 3 rings (SSSR count). The first-order valence-electron chi connectivity index (χ1n) is 7.11. The lowest BCUT2D eigenvalue weighted by Gasteiger charge is -2.08. The zero-order valence-corrected chi connectivity index (χ0v) is 13.1. The number of cyclic esters (lactones) is 1. The van der Waals surface area contributed by atoms with Crippen molar-refractivity contribution in [1.82, 2.24) is 0 Å². The van der Waals surface area contributed by atoms with E-state index in [4.69, 9.17) is 14.2 Å². The summed E-state index contributed by atoms with van der Waals surface area (Å²) >= 11 is 0. The van der Waals surface area contributed by atoms with E-state index in [1.165, 1.54) is 32.4 Å². The first kappa shape index (κ1) is 15.7. The molecule has 0 spiro atoms. The van der Waals surface area contributed by atoms with E-state index in [9.17, 15) is 9.18 Å². The second-order valence-electron chi connectivity index (χ2n) is 4.96. The van der Waals surface area contributed by atoms with Gasteiger partial charge >= 0.3 is 5.97 Å². The molecule has 0 atom stereocenters. The summed E-state index contributed by atoms with van der Waals surface area (Å²) in [5, 5.41) is 0. The Labute approximate surface area is 138 Å². The maximum Gasteiger partial charge on any atom is 0.363 e. The predicted octanol–water partition coefficient (Wildman–Crippen LogP) is 3.19. The van der Waals surface area contributed by atoms with Gasteiger partial charge in [-0.3, -0.25) is 0 Å². The van der Waals surface area contributed by atoms with Gasteiger partial charge in [0, 0.05) is 5.56 Å². The summed E-state index contributed by atoms with van der Waals surface area (Å²) in [5.41, 5.74) is 1.38. The number of aliphatic imine (C=N–C) groups is 1. The van der Waals surface area contributed by atoms with E-state index < -0.39 is 5.97 Å². The van der Waals surface area contributed by atoms with Crippen LogP contribution in [0, 0.1) is 5.82 Å². The fourth-order valence-corrected chi connectivity index (χ4v) is 2.22. The van der Waals surface area contributed by atoms with Crippen LogP contribution in [0.3, 0.4) is 0 Å². The number of methoxy groups -OCH3 is 2. The van der Waals surface area contributed by atoms with Crippen LogP contribution in [-0.4, -0.2) is 26.1 Å². The van der Waals surface area contributed by atoms with Crippen LogP contribution >= 0.6 is 0 Å². The average molecular weight is 327 g/mol. The summed E-state index contributed by atoms with van der Waals surface area (Å²) in [6, 6.07) is 10.8. The number of benzene rings is 2. The van der Waals surface area contributed by atoms with Crippen LogP contribution in [-0.2, 0) is 9.53 Å². The van der Waals surface area contributed by atoms with Gasteiger partial charge in [0.2, 0.25) is 5.90 Å². The normalized spacial score (nSPS) is 15.2. The van der Waals surface area contributed by atoms with Crippen LogP contribution in [0.1, 0.15) is 11.1 Å². The lowest BCUT2D eigenvalue weighted by molar-refractivity contribution is -0.129. The van der Waals surface area contributed by atoms with E-state index in [1.54, 1.807) is 30.3 Å². The number of carbonyl (C=O) groups is 1. The molecule has 2 aromatic carbocycles. The van der Waals surface area contributed by atoms with E-state index in [1.807, 2.05) is 0 Å². The molecular formula is C18H14FNO4. The highest BCUT2D eigenvalue weighted by Crippen LogP contribution is 2.29. The lowest BCUT2D eigenvalue weighted by atomic mass is 10.2. The zero-order valence-electron chi connectivity index (χ0n) is 13.1. The SMILES string of the molecule is COc1ccc(C2=NC(=Cc3ccc(F)cc3)C(=O)O2)cc1OC. The highest BCUT2D eigenvalue weighted by atomic mass is 19.1. The van der Waals surface area contributed by atoms with Crippen LogP contribution in [0.15, 0.2) is 53.2 Å². The summed E-state index contributed by atoms with van der Waals surface area (Å²) in [7, 11) is 3.05. The van der Waals surface area contributed by atoms with E-state index in [-0.39, 0.29) is 17.4 Å². The number of ether oxygens (including phenoxy) is 3. The topological polar surface area (TPSA) is 57.1 Å². The van der Waals surface area contributed by atoms with E-state index in [0.717, 1.165) is 0 Å². The van der Waals surface area contributed by atoms with Gasteiger partial charge in [-0.05, 0) is 42.0 Å². The molecule has 0 radical (unpaired) electrons. The fraction of sp³-hybridized carbons (Fsp3) is 0.111. The summed E-state index contributed by atoms with van der Waals surface area (Å²) in [6.45, 7) is 0. The first-order valence-corrected chi connectivity index (χ1v) is 7.11. The Morgan fingerprint density at radius 1 is 1.04 bits per heavy atom. The molecule has 1 heterocycles. The van der Waals surface area contributed by atoms with Crippen molar-refractivity contribution in [3.05, 3.63) is 65.1 Å². The molecule has 6 heteroatoms. The second kappa shape index (κ2) is 6.54. The van der Waals surface area contributed by atoms with Crippen LogP contribution in [0.25, 0.3) is 6.08 Å². The molecule has 1 aliphatic rings. The Bertz CT molecular complexity index is 841. The molecule has 0 saturated heterocycles. The third-order valence-electron chi connectivity index (χ3n) is 3.42. The molecule has 2 aromatic rings. The average Bonchev–Trinajstić information content (AvgIpc) is 2.97. The van der Waals surface area contributed by atoms with Crippen molar-refractivity contribution >= 4 is 17.9 Å². The van der Waals surface area contributed by atoms with Crippen molar-refractivity contribution in [3.63, 3.8) is 0 Å². The highest BCUT2D eigenvalue weighted by Gasteiger charge is 2.25. The van der Waals surface area contributed by atoms with Crippen molar-refractivity contribution < 1.29 is 23.4 Å². The summed E-state index contributed by atoms with van der Waals surface area (Å²) in [5.74, 6) is 0.331. The largest absolute Gasteiger partial charge is 0.493 e. The Hall–Kier alpha value is -3.15. The molecule has 0 bridgehead atoms. The van der Waals surface area contributed by atoms with Crippen molar-refractivity contribution in [2.45, 2.75) is 0 Å². The molecule has 0 fully saturated rings. The Morgan fingerprint density at radius 3 is 2.42 bits per heavy atom. The van der Waals surface area contributed by atoms with Crippen molar-refractivity contribution in [2.24, 2.45) is 4.99 Å². The lowest BCUT2D eigenvalue weighted by Crippen LogP contribution is -2.05. The number of rotatable bonds is 4. The molecule has 1 aliphatic heterocycles. The number of hydrogen-bond donors (Lipinski definition) is 0. The second-order valence-corrected chi connectivity index (χ2v) is 4.96. The molecule has 122 valence electrons. The van der Waals surface area contributed by atoms with Gasteiger partial charge in [-0.15, -0.1) is 0 Å². The minimum Gasteiger partial charge on any atom is -0.493 e. The highest BCUT2D eigenvalue weighted by molar-refractivity contribution is 6.13. The van der Waals surface area contributed by atoms with Gasteiger partial charge in [-0.1, -0.05) is 12.1 Å². The third-order valence-corrected chi connectivity index (χ3v) is 3.42. The van der Waals surface area contributed by atoms with Crippen molar-refractivity contribution in [1.29, 1.82) is 0 Å². The summed E-state index contributed by atoms with van der Waals surface area (Å²) in [4.78, 5) is 16.2. The number of hydrogen-bond acceptors (Lipinski definition) is 5. The van der Waals surface area contributed by atoms with Crippen molar-refractivity contribution in [3.8, 4) is 11.5 Å². The zero-order chi connectivity index (χ0) is 17.1. The minimum atomic E-state index is -0.566. The van der Waals surface area contributed by atoms with Gasteiger partial charge in [-0.2, -0.15) is 0 Å². The Balaban J connectivity index is 1.93. The van der Waals surface area contributed by atoms with Crippen LogP contribution in [0.2, 0.25) is 0 Å². The number of esters is 1. The van der Waals surface area contributed by atoms with Gasteiger partial charge in [-0.25, -0.2) is 14.2 Å². The standard InChI is InChI=1S/C18H14FNO4/c1-22-15-8-5-12(10-16(15)23-2)17-20-14(18(21)24-17)9-11-3-6-13(19)7-4-11/h3-10H,1-2H3. The molecule has 0 amide bonds. The third kappa shape index (κ3) is 3.12. The van der Waals surface area contributed by atoms with Gasteiger partial charge < -0.3 is 14.2 Å². The molecule has 24 heavy (non-hydrogen) atoms.